The van der Waals surface area contributed by atoms with E-state index in [9.17, 15) is 4.79 Å². The molecule has 0 aromatic carbocycles. The summed E-state index contributed by atoms with van der Waals surface area (Å²) in [6.45, 7) is 6.69. The molecule has 2 rings (SSSR count). The van der Waals surface area contributed by atoms with Crippen molar-refractivity contribution in [3.63, 3.8) is 0 Å². The molecule has 5 nitrogen and oxygen atoms in total. The summed E-state index contributed by atoms with van der Waals surface area (Å²) in [5.74, 6) is 1.84. The second-order valence-corrected chi connectivity index (χ2v) is 6.90. The van der Waals surface area contributed by atoms with Crippen molar-refractivity contribution in [3.05, 3.63) is 22.8 Å². The van der Waals surface area contributed by atoms with E-state index < -0.39 is 11.9 Å². The van der Waals surface area contributed by atoms with Crippen LogP contribution in [0, 0.1) is 19.8 Å². The number of thioether (sulfide) groups is 1. The van der Waals surface area contributed by atoms with Gasteiger partial charge in [-0.1, -0.05) is 6.92 Å². The maximum Gasteiger partial charge on any atom is 0.306 e. The summed E-state index contributed by atoms with van der Waals surface area (Å²) < 4.78 is 0. The van der Waals surface area contributed by atoms with Crippen LogP contribution in [0.3, 0.4) is 0 Å². The van der Waals surface area contributed by atoms with Crippen LogP contribution in [-0.4, -0.2) is 51.0 Å². The number of rotatable bonds is 4. The molecule has 1 aromatic heterocycles. The van der Waals surface area contributed by atoms with Crippen molar-refractivity contribution in [2.24, 2.45) is 5.92 Å². The molecule has 0 aliphatic carbocycles. The predicted octanol–water partition coefficient (Wildman–Crippen LogP) is 2.08. The topological polar surface area (TPSA) is 66.3 Å². The van der Waals surface area contributed by atoms with Crippen molar-refractivity contribution in [1.29, 1.82) is 0 Å². The number of hydrogen-bond acceptors (Lipinski definition) is 5. The molecule has 1 aliphatic rings. The van der Waals surface area contributed by atoms with Gasteiger partial charge >= 0.3 is 5.97 Å². The first-order valence-electron chi connectivity index (χ1n) is 7.25. The van der Waals surface area contributed by atoms with E-state index in [0.717, 1.165) is 40.8 Å². The fourth-order valence-electron chi connectivity index (χ4n) is 2.56. The van der Waals surface area contributed by atoms with Gasteiger partial charge in [0.05, 0.1) is 12.0 Å². The van der Waals surface area contributed by atoms with Crippen LogP contribution in [0.15, 0.2) is 0 Å². The lowest BCUT2D eigenvalue weighted by Gasteiger charge is -2.31. The molecule has 1 aromatic rings. The third-order valence-electron chi connectivity index (χ3n) is 4.06. The third kappa shape index (κ3) is 3.74. The molecule has 2 atom stereocenters. The average Bonchev–Trinajstić information content (AvgIpc) is 2.42. The van der Waals surface area contributed by atoms with Gasteiger partial charge < -0.3 is 5.11 Å². The fourth-order valence-corrected chi connectivity index (χ4v) is 3.77. The fraction of sp³-hybridized carbons (Fsp3) is 0.667. The lowest BCUT2D eigenvalue weighted by molar-refractivity contribution is -0.141. The van der Waals surface area contributed by atoms with E-state index in [0.29, 0.717) is 6.42 Å². The molecular weight excluding hydrogens is 286 g/mol. The zero-order valence-electron chi connectivity index (χ0n) is 13.1. The molecule has 1 aliphatic heterocycles. The van der Waals surface area contributed by atoms with Crippen LogP contribution in [0.1, 0.15) is 35.7 Å². The Bertz CT molecular complexity index is 513. The summed E-state index contributed by atoms with van der Waals surface area (Å²) in [6.07, 6.45) is 0.489. The van der Waals surface area contributed by atoms with E-state index in [4.69, 9.17) is 5.11 Å². The molecule has 116 valence electrons. The largest absolute Gasteiger partial charge is 0.481 e. The van der Waals surface area contributed by atoms with Gasteiger partial charge in [-0.2, -0.15) is 11.8 Å². The highest BCUT2D eigenvalue weighted by Gasteiger charge is 2.25. The first kappa shape index (κ1) is 16.2. The SMILES string of the molecule is Cc1nc(C2CSCCN2C)nc(C)c1CC(C)C(=O)O. The molecule has 21 heavy (non-hydrogen) atoms. The highest BCUT2D eigenvalue weighted by molar-refractivity contribution is 7.99. The van der Waals surface area contributed by atoms with Crippen LogP contribution in [0.2, 0.25) is 0 Å². The molecule has 6 heteroatoms. The average molecular weight is 309 g/mol. The van der Waals surface area contributed by atoms with Gasteiger partial charge in [0.2, 0.25) is 0 Å². The smallest absolute Gasteiger partial charge is 0.306 e. The molecular formula is C15H23N3O2S. The highest BCUT2D eigenvalue weighted by Crippen LogP contribution is 2.27. The zero-order valence-corrected chi connectivity index (χ0v) is 13.9. The highest BCUT2D eigenvalue weighted by atomic mass is 32.2. The lowest BCUT2D eigenvalue weighted by Crippen LogP contribution is -2.34. The summed E-state index contributed by atoms with van der Waals surface area (Å²) in [7, 11) is 2.11. The number of carboxylic acids is 1. The minimum Gasteiger partial charge on any atom is -0.481 e. The Morgan fingerprint density at radius 2 is 2.05 bits per heavy atom. The third-order valence-corrected chi connectivity index (χ3v) is 5.09. The van der Waals surface area contributed by atoms with Crippen LogP contribution in [0.5, 0.6) is 0 Å². The molecule has 0 radical (unpaired) electrons. The number of aliphatic carboxylic acids is 1. The van der Waals surface area contributed by atoms with Crippen LogP contribution in [-0.2, 0) is 11.2 Å². The van der Waals surface area contributed by atoms with Crippen LogP contribution in [0.4, 0.5) is 0 Å². The van der Waals surface area contributed by atoms with Crippen LogP contribution in [0.25, 0.3) is 0 Å². The molecule has 2 unspecified atom stereocenters. The monoisotopic (exact) mass is 309 g/mol. The van der Waals surface area contributed by atoms with Crippen molar-refractivity contribution in [2.75, 3.05) is 25.1 Å². The Balaban J connectivity index is 2.26. The van der Waals surface area contributed by atoms with Crippen molar-refractivity contribution in [3.8, 4) is 0 Å². The summed E-state index contributed by atoms with van der Waals surface area (Å²) >= 11 is 1.93. The van der Waals surface area contributed by atoms with Gasteiger partial charge in [0.15, 0.2) is 0 Å². The molecule has 1 fully saturated rings. The molecule has 0 spiro atoms. The van der Waals surface area contributed by atoms with Gasteiger partial charge in [0.25, 0.3) is 0 Å². The van der Waals surface area contributed by atoms with Crippen LogP contribution >= 0.6 is 11.8 Å². The second-order valence-electron chi connectivity index (χ2n) is 5.75. The molecule has 2 heterocycles. The number of aromatic nitrogens is 2. The molecule has 1 saturated heterocycles. The van der Waals surface area contributed by atoms with Crippen molar-refractivity contribution in [2.45, 2.75) is 33.2 Å². The number of aryl methyl sites for hydroxylation is 2. The molecule has 1 N–H and O–H groups in total. The van der Waals surface area contributed by atoms with Gasteiger partial charge in [-0.05, 0) is 32.9 Å². The molecule has 0 saturated carbocycles. The number of carbonyl (C=O) groups is 1. The normalized spacial score (nSPS) is 21.2. The van der Waals surface area contributed by atoms with E-state index in [1.807, 2.05) is 25.6 Å². The van der Waals surface area contributed by atoms with E-state index in [1.54, 1.807) is 6.92 Å². The first-order valence-corrected chi connectivity index (χ1v) is 8.40. The van der Waals surface area contributed by atoms with Gasteiger partial charge in [-0.3, -0.25) is 9.69 Å². The first-order chi connectivity index (χ1) is 9.90. The van der Waals surface area contributed by atoms with Crippen molar-refractivity contribution < 1.29 is 9.90 Å². The van der Waals surface area contributed by atoms with Crippen molar-refractivity contribution in [1.82, 2.24) is 14.9 Å². The van der Waals surface area contributed by atoms with Gasteiger partial charge in [0.1, 0.15) is 5.82 Å². The number of carboxylic acid groups (broad SMARTS) is 1. The minimum absolute atomic E-state index is 0.257. The van der Waals surface area contributed by atoms with Gasteiger partial charge in [-0.25, -0.2) is 9.97 Å². The standard InChI is InChI=1S/C15H23N3O2S/c1-9(15(19)20)7-12-10(2)16-14(17-11(12)3)13-8-21-6-5-18(13)4/h9,13H,5-8H2,1-4H3,(H,19,20). The maximum absolute atomic E-state index is 11.0. The van der Waals surface area contributed by atoms with Gasteiger partial charge in [-0.15, -0.1) is 0 Å². The Kier molecular flexibility index (Phi) is 5.22. The minimum atomic E-state index is -0.777. The van der Waals surface area contributed by atoms with Crippen molar-refractivity contribution >= 4 is 17.7 Å². The summed E-state index contributed by atoms with van der Waals surface area (Å²) in [5.41, 5.74) is 2.80. The van der Waals surface area contributed by atoms with Crippen LogP contribution < -0.4 is 0 Å². The Morgan fingerprint density at radius 3 is 2.57 bits per heavy atom. The summed E-state index contributed by atoms with van der Waals surface area (Å²) in [4.78, 5) is 22.7. The predicted molar refractivity (Wildman–Crippen MR) is 84.7 cm³/mol. The van der Waals surface area contributed by atoms with E-state index >= 15 is 0 Å². The van der Waals surface area contributed by atoms with Gasteiger partial charge in [0, 0.05) is 29.4 Å². The van der Waals surface area contributed by atoms with E-state index in [1.165, 1.54) is 0 Å². The Morgan fingerprint density at radius 1 is 1.43 bits per heavy atom. The second kappa shape index (κ2) is 6.75. The van der Waals surface area contributed by atoms with E-state index in [-0.39, 0.29) is 6.04 Å². The molecule has 0 amide bonds. The Hall–Kier alpha value is -1.14. The summed E-state index contributed by atoms with van der Waals surface area (Å²) in [6, 6.07) is 0.257. The Labute approximate surface area is 130 Å². The zero-order chi connectivity index (χ0) is 15.6. The summed E-state index contributed by atoms with van der Waals surface area (Å²) in [5, 5.41) is 9.07. The van der Waals surface area contributed by atoms with E-state index in [2.05, 4.69) is 21.9 Å². The molecule has 0 bridgehead atoms. The lowest BCUT2D eigenvalue weighted by atomic mass is 9.99. The quantitative estimate of drug-likeness (QED) is 0.918. The number of hydrogen-bond donors (Lipinski definition) is 1. The maximum atomic E-state index is 11.0. The number of nitrogens with zero attached hydrogens (tertiary/aromatic N) is 3.